The van der Waals surface area contributed by atoms with Crippen LogP contribution in [0, 0.1) is 0 Å². The number of rotatable bonds is 1. The van der Waals surface area contributed by atoms with Crippen molar-refractivity contribution in [2.24, 2.45) is 14.1 Å². The molecule has 1 aromatic carbocycles. The van der Waals surface area contributed by atoms with E-state index in [9.17, 15) is 13.2 Å². The fraction of sp³-hybridized carbons (Fsp3) is 0.214. The number of aryl methyl sites for hydroxylation is 2. The summed E-state index contributed by atoms with van der Waals surface area (Å²) in [5.74, 6) is 0. The number of nitrogens with two attached hydrogens (primary N) is 1. The van der Waals surface area contributed by atoms with Crippen molar-refractivity contribution in [3.05, 3.63) is 36.0 Å². The molecule has 110 valence electrons. The Bertz CT molecular complexity index is 807. The summed E-state index contributed by atoms with van der Waals surface area (Å²) in [6.45, 7) is 0. The van der Waals surface area contributed by atoms with Crippen LogP contribution < -0.4 is 5.73 Å². The molecule has 0 radical (unpaired) electrons. The highest BCUT2D eigenvalue weighted by molar-refractivity contribution is 5.89. The first-order valence-corrected chi connectivity index (χ1v) is 6.23. The molecule has 0 saturated carbocycles. The van der Waals surface area contributed by atoms with E-state index in [2.05, 4.69) is 5.10 Å². The normalized spacial score (nSPS) is 12.2. The Labute approximate surface area is 118 Å². The number of alkyl halides is 3. The lowest BCUT2D eigenvalue weighted by molar-refractivity contribution is -0.137. The number of fused-ring (bicyclic) bond motifs is 1. The molecule has 0 spiro atoms. The standard InChI is InChI=1S/C14H13F3N4/c1-20-11-4-3-9(14(15,16)17)5-8(11)6-12(20)13-10(18)7-19-21(13)2/h3-7H,18H2,1-2H3. The molecule has 3 rings (SSSR count). The minimum atomic E-state index is -4.35. The maximum Gasteiger partial charge on any atom is 0.416 e. The highest BCUT2D eigenvalue weighted by Crippen LogP contribution is 2.35. The molecule has 21 heavy (non-hydrogen) atoms. The summed E-state index contributed by atoms with van der Waals surface area (Å²) in [6.07, 6.45) is -2.83. The predicted molar refractivity (Wildman–Crippen MR) is 74.5 cm³/mol. The van der Waals surface area contributed by atoms with Gasteiger partial charge in [-0.25, -0.2) is 0 Å². The minimum absolute atomic E-state index is 0.486. The Balaban J connectivity index is 2.25. The number of hydrogen-bond acceptors (Lipinski definition) is 2. The number of benzene rings is 1. The molecule has 2 aromatic heterocycles. The van der Waals surface area contributed by atoms with Gasteiger partial charge in [0.2, 0.25) is 0 Å². The maximum atomic E-state index is 12.8. The van der Waals surface area contributed by atoms with Crippen LogP contribution in [0.2, 0.25) is 0 Å². The number of halogens is 3. The summed E-state index contributed by atoms with van der Waals surface area (Å²) in [5.41, 5.74) is 7.82. The minimum Gasteiger partial charge on any atom is -0.396 e. The van der Waals surface area contributed by atoms with Gasteiger partial charge in [0.25, 0.3) is 0 Å². The van der Waals surface area contributed by atoms with Gasteiger partial charge in [-0.15, -0.1) is 0 Å². The van der Waals surface area contributed by atoms with Crippen LogP contribution in [0.5, 0.6) is 0 Å². The molecule has 4 nitrogen and oxygen atoms in total. The molecule has 3 aromatic rings. The summed E-state index contributed by atoms with van der Waals surface area (Å²) < 4.78 is 41.8. The van der Waals surface area contributed by atoms with Crippen molar-refractivity contribution in [1.29, 1.82) is 0 Å². The fourth-order valence-electron chi connectivity index (χ4n) is 2.52. The lowest BCUT2D eigenvalue weighted by Gasteiger charge is -2.07. The van der Waals surface area contributed by atoms with Gasteiger partial charge in [0.1, 0.15) is 5.69 Å². The Hall–Kier alpha value is -2.44. The SMILES string of the molecule is Cn1ncc(N)c1-c1cc2cc(C(F)(F)F)ccc2n1C. The first kappa shape index (κ1) is 13.5. The number of hydrogen-bond donors (Lipinski definition) is 1. The van der Waals surface area contributed by atoms with Gasteiger partial charge >= 0.3 is 6.18 Å². The van der Waals surface area contributed by atoms with Crippen molar-refractivity contribution in [2.75, 3.05) is 5.73 Å². The molecule has 2 heterocycles. The van der Waals surface area contributed by atoms with Crippen LogP contribution in [0.3, 0.4) is 0 Å². The molecule has 2 N–H and O–H groups in total. The predicted octanol–water partition coefficient (Wildman–Crippen LogP) is 3.18. The zero-order valence-corrected chi connectivity index (χ0v) is 11.4. The third kappa shape index (κ3) is 2.05. The van der Waals surface area contributed by atoms with Gasteiger partial charge in [0.05, 0.1) is 23.1 Å². The van der Waals surface area contributed by atoms with Crippen molar-refractivity contribution >= 4 is 16.6 Å². The second-order valence-electron chi connectivity index (χ2n) is 4.93. The molecule has 7 heteroatoms. The lowest BCUT2D eigenvalue weighted by Crippen LogP contribution is -2.04. The van der Waals surface area contributed by atoms with Gasteiger partial charge in [0, 0.05) is 25.0 Å². The van der Waals surface area contributed by atoms with Gasteiger partial charge in [0.15, 0.2) is 0 Å². The third-order valence-electron chi connectivity index (χ3n) is 3.58. The first-order valence-electron chi connectivity index (χ1n) is 6.23. The molecule has 0 bridgehead atoms. The zero-order valence-electron chi connectivity index (χ0n) is 11.4. The van der Waals surface area contributed by atoms with E-state index in [1.165, 1.54) is 12.3 Å². The maximum absolute atomic E-state index is 12.8. The van der Waals surface area contributed by atoms with E-state index >= 15 is 0 Å². The van der Waals surface area contributed by atoms with Crippen molar-refractivity contribution in [1.82, 2.24) is 14.3 Å². The molecule has 0 aliphatic rings. The third-order valence-corrected chi connectivity index (χ3v) is 3.58. The van der Waals surface area contributed by atoms with Crippen molar-refractivity contribution in [3.63, 3.8) is 0 Å². The van der Waals surface area contributed by atoms with Gasteiger partial charge in [-0.05, 0) is 24.3 Å². The molecule has 0 aliphatic heterocycles. The molecule has 0 amide bonds. The smallest absolute Gasteiger partial charge is 0.396 e. The second-order valence-corrected chi connectivity index (χ2v) is 4.93. The van der Waals surface area contributed by atoms with Gasteiger partial charge < -0.3 is 10.3 Å². The van der Waals surface area contributed by atoms with Crippen molar-refractivity contribution < 1.29 is 13.2 Å². The van der Waals surface area contributed by atoms with Gasteiger partial charge in [-0.1, -0.05) is 0 Å². The van der Waals surface area contributed by atoms with Crippen LogP contribution in [-0.2, 0) is 20.3 Å². The van der Waals surface area contributed by atoms with E-state index in [0.717, 1.165) is 17.8 Å². The number of nitrogens with zero attached hydrogens (tertiary/aromatic N) is 3. The van der Waals surface area contributed by atoms with Crippen LogP contribution in [0.25, 0.3) is 22.3 Å². The summed E-state index contributed by atoms with van der Waals surface area (Å²) in [4.78, 5) is 0. The van der Waals surface area contributed by atoms with E-state index < -0.39 is 11.7 Å². The fourth-order valence-corrected chi connectivity index (χ4v) is 2.52. The zero-order chi connectivity index (χ0) is 15.4. The quantitative estimate of drug-likeness (QED) is 0.749. The van der Waals surface area contributed by atoms with E-state index in [1.807, 2.05) is 4.57 Å². The second kappa shape index (κ2) is 4.28. The van der Waals surface area contributed by atoms with E-state index in [4.69, 9.17) is 5.73 Å². The van der Waals surface area contributed by atoms with Crippen LogP contribution in [-0.4, -0.2) is 14.3 Å². The monoisotopic (exact) mass is 294 g/mol. The molecule has 0 atom stereocenters. The van der Waals surface area contributed by atoms with Gasteiger partial charge in [-0.2, -0.15) is 18.3 Å². The lowest BCUT2D eigenvalue weighted by atomic mass is 10.1. The van der Waals surface area contributed by atoms with E-state index in [1.54, 1.807) is 24.8 Å². The largest absolute Gasteiger partial charge is 0.416 e. The number of anilines is 1. The summed E-state index contributed by atoms with van der Waals surface area (Å²) in [5, 5.41) is 4.58. The molecule has 0 aliphatic carbocycles. The highest BCUT2D eigenvalue weighted by Gasteiger charge is 2.30. The first-order chi connectivity index (χ1) is 9.79. The van der Waals surface area contributed by atoms with Crippen molar-refractivity contribution in [3.8, 4) is 11.4 Å². The molecule has 0 saturated heterocycles. The van der Waals surface area contributed by atoms with E-state index in [-0.39, 0.29) is 0 Å². The molecular weight excluding hydrogens is 281 g/mol. The van der Waals surface area contributed by atoms with Crippen LogP contribution in [0.4, 0.5) is 18.9 Å². The molecule has 0 unspecified atom stereocenters. The highest BCUT2D eigenvalue weighted by atomic mass is 19.4. The Morgan fingerprint density at radius 2 is 1.86 bits per heavy atom. The average molecular weight is 294 g/mol. The number of nitrogen functional groups attached to an aromatic ring is 1. The topological polar surface area (TPSA) is 48.8 Å². The molecule has 0 fully saturated rings. The van der Waals surface area contributed by atoms with Crippen molar-refractivity contribution in [2.45, 2.75) is 6.18 Å². The average Bonchev–Trinajstić information content (AvgIpc) is 2.89. The number of aromatic nitrogens is 3. The summed E-state index contributed by atoms with van der Waals surface area (Å²) in [6, 6.07) is 5.39. The Kier molecular flexibility index (Phi) is 2.76. The Morgan fingerprint density at radius 1 is 1.14 bits per heavy atom. The summed E-state index contributed by atoms with van der Waals surface area (Å²) in [7, 11) is 3.53. The van der Waals surface area contributed by atoms with Crippen LogP contribution in [0.15, 0.2) is 30.5 Å². The van der Waals surface area contributed by atoms with E-state index in [0.29, 0.717) is 22.3 Å². The van der Waals surface area contributed by atoms with Gasteiger partial charge in [-0.3, -0.25) is 4.68 Å². The van der Waals surface area contributed by atoms with Crippen LogP contribution >= 0.6 is 0 Å². The molecular formula is C14H13F3N4. The van der Waals surface area contributed by atoms with Crippen LogP contribution in [0.1, 0.15) is 5.56 Å². The summed E-state index contributed by atoms with van der Waals surface area (Å²) >= 11 is 0. The Morgan fingerprint density at radius 3 is 2.43 bits per heavy atom.